The third kappa shape index (κ3) is 4.23. The number of benzene rings is 1. The Morgan fingerprint density at radius 2 is 2.12 bits per heavy atom. The van der Waals surface area contributed by atoms with E-state index in [4.69, 9.17) is 4.74 Å². The van der Waals surface area contributed by atoms with Crippen molar-refractivity contribution in [2.24, 2.45) is 11.3 Å². The summed E-state index contributed by atoms with van der Waals surface area (Å²) in [5.41, 5.74) is 0.884. The summed E-state index contributed by atoms with van der Waals surface area (Å²) >= 11 is 1.51. The summed E-state index contributed by atoms with van der Waals surface area (Å²) < 4.78 is 6.94. The van der Waals surface area contributed by atoms with Crippen molar-refractivity contribution in [2.75, 3.05) is 26.0 Å². The normalized spacial score (nSPS) is 24.7. The van der Waals surface area contributed by atoms with Crippen LogP contribution in [0, 0.1) is 23.2 Å². The molecule has 40 heavy (non-hydrogen) atoms. The topological polar surface area (TPSA) is 155 Å². The van der Waals surface area contributed by atoms with Crippen LogP contribution in [0.5, 0.6) is 11.5 Å². The molecule has 0 unspecified atom stereocenters. The molecule has 2 saturated carbocycles. The lowest BCUT2D eigenvalue weighted by Crippen LogP contribution is -2.41. The van der Waals surface area contributed by atoms with Crippen LogP contribution in [0.2, 0.25) is 0 Å². The number of amides is 1. The number of thiophene rings is 1. The number of rotatable bonds is 7. The number of carbonyl (C=O) groups excluding carboxylic acids is 1. The number of phenolic OH excluding ortho intramolecular Hbond substituents is 1. The predicted octanol–water partition coefficient (Wildman–Crippen LogP) is 1.69. The van der Waals surface area contributed by atoms with E-state index in [0.29, 0.717) is 42.1 Å². The van der Waals surface area contributed by atoms with Gasteiger partial charge in [0.05, 0.1) is 35.9 Å². The highest BCUT2D eigenvalue weighted by atomic mass is 32.1. The van der Waals surface area contributed by atoms with Crippen LogP contribution in [0.25, 0.3) is 11.2 Å². The first-order valence-electron chi connectivity index (χ1n) is 12.9. The first kappa shape index (κ1) is 26.1. The van der Waals surface area contributed by atoms with E-state index in [0.717, 1.165) is 10.4 Å². The number of anilines is 1. The van der Waals surface area contributed by atoms with E-state index in [9.17, 15) is 20.1 Å². The van der Waals surface area contributed by atoms with Crippen molar-refractivity contribution in [3.8, 4) is 23.3 Å². The molecule has 5 atom stereocenters. The fourth-order valence-electron chi connectivity index (χ4n) is 5.77. The molecular formula is C28H28N6O5S. The number of aliphatic hydroxyl groups excluding tert-OH is 2. The number of methoxy groups -OCH3 is 1. The molecule has 2 fully saturated rings. The van der Waals surface area contributed by atoms with Crippen molar-refractivity contribution < 1.29 is 24.9 Å². The lowest BCUT2D eigenvalue weighted by atomic mass is 9.98. The molecule has 12 heteroatoms. The SMILES string of the molecule is CNC(=O)[C@@]12C[C@@H]1[C@@H](n1cnc3c(NCCc4ccc(O)c(OC)c4)nc(C#Cc4cccs4)nc31)[C@H](O)[C@@H]2O. The minimum absolute atomic E-state index is 0.0755. The maximum atomic E-state index is 12.6. The van der Waals surface area contributed by atoms with Crippen molar-refractivity contribution >= 4 is 34.2 Å². The molecule has 3 aromatic heterocycles. The van der Waals surface area contributed by atoms with Crippen LogP contribution in [0.15, 0.2) is 42.0 Å². The summed E-state index contributed by atoms with van der Waals surface area (Å²) in [5, 5.41) is 39.6. The number of imidazole rings is 1. The van der Waals surface area contributed by atoms with E-state index in [1.807, 2.05) is 23.6 Å². The predicted molar refractivity (Wildman–Crippen MR) is 148 cm³/mol. The average molecular weight is 561 g/mol. The molecule has 0 aliphatic heterocycles. The van der Waals surface area contributed by atoms with Gasteiger partial charge in [-0.1, -0.05) is 12.1 Å². The summed E-state index contributed by atoms with van der Waals surface area (Å²) in [4.78, 5) is 27.4. The molecule has 1 aromatic carbocycles. The highest BCUT2D eigenvalue weighted by Gasteiger charge is 2.75. The number of hydrogen-bond donors (Lipinski definition) is 5. The zero-order chi connectivity index (χ0) is 28.0. The van der Waals surface area contributed by atoms with Gasteiger partial charge in [0.15, 0.2) is 28.5 Å². The highest BCUT2D eigenvalue weighted by Crippen LogP contribution is 2.67. The molecular weight excluding hydrogens is 532 g/mol. The number of aromatic nitrogens is 4. The molecule has 1 amide bonds. The van der Waals surface area contributed by atoms with Gasteiger partial charge < -0.3 is 35.3 Å². The highest BCUT2D eigenvalue weighted by molar-refractivity contribution is 7.10. The summed E-state index contributed by atoms with van der Waals surface area (Å²) in [5.74, 6) is 6.81. The van der Waals surface area contributed by atoms with E-state index in [-0.39, 0.29) is 23.4 Å². The summed E-state index contributed by atoms with van der Waals surface area (Å²) in [6, 6.07) is 8.44. The molecule has 0 spiro atoms. The summed E-state index contributed by atoms with van der Waals surface area (Å²) in [6.45, 7) is 0.498. The molecule has 6 rings (SSSR count). The number of carbonyl (C=O) groups is 1. The van der Waals surface area contributed by atoms with Crippen LogP contribution in [0.1, 0.15) is 28.7 Å². The number of hydrogen-bond acceptors (Lipinski definition) is 10. The second-order valence-electron chi connectivity index (χ2n) is 9.99. The van der Waals surface area contributed by atoms with Gasteiger partial charge in [0.1, 0.15) is 6.10 Å². The Balaban J connectivity index is 1.34. The maximum Gasteiger partial charge on any atom is 0.229 e. The number of phenols is 1. The van der Waals surface area contributed by atoms with Crippen LogP contribution in [-0.4, -0.2) is 73.7 Å². The van der Waals surface area contributed by atoms with Gasteiger partial charge in [-0.3, -0.25) is 4.79 Å². The van der Waals surface area contributed by atoms with Crippen molar-refractivity contribution in [1.82, 2.24) is 24.8 Å². The van der Waals surface area contributed by atoms with Gasteiger partial charge in [0.25, 0.3) is 0 Å². The number of nitrogens with one attached hydrogen (secondary N) is 2. The average Bonchev–Trinajstić information content (AvgIpc) is 3.22. The number of aromatic hydroxyl groups is 1. The van der Waals surface area contributed by atoms with Gasteiger partial charge in [0.2, 0.25) is 11.7 Å². The summed E-state index contributed by atoms with van der Waals surface area (Å²) in [6.07, 6.45) is 0.297. The van der Waals surface area contributed by atoms with Crippen LogP contribution in [0.3, 0.4) is 0 Å². The lowest BCUT2D eigenvalue weighted by molar-refractivity contribution is -0.132. The van der Waals surface area contributed by atoms with Gasteiger partial charge in [-0.25, -0.2) is 15.0 Å². The van der Waals surface area contributed by atoms with E-state index in [1.54, 1.807) is 23.0 Å². The van der Waals surface area contributed by atoms with E-state index < -0.39 is 23.7 Å². The Bertz CT molecular complexity index is 1640. The molecule has 4 aromatic rings. The summed E-state index contributed by atoms with van der Waals surface area (Å²) in [7, 11) is 3.04. The minimum atomic E-state index is -1.19. The number of aliphatic hydroxyl groups is 2. The number of nitrogens with zero attached hydrogens (tertiary/aromatic N) is 4. The molecule has 2 aliphatic carbocycles. The smallest absolute Gasteiger partial charge is 0.229 e. The van der Waals surface area contributed by atoms with Gasteiger partial charge in [-0.15, -0.1) is 11.3 Å². The Morgan fingerprint density at radius 1 is 1.27 bits per heavy atom. The lowest BCUT2D eigenvalue weighted by Gasteiger charge is -2.23. The molecule has 0 bridgehead atoms. The Kier molecular flexibility index (Phi) is 6.58. The van der Waals surface area contributed by atoms with Gasteiger partial charge in [0, 0.05) is 19.5 Å². The first-order valence-corrected chi connectivity index (χ1v) is 13.7. The van der Waals surface area contributed by atoms with E-state index >= 15 is 0 Å². The maximum absolute atomic E-state index is 12.6. The van der Waals surface area contributed by atoms with Gasteiger partial charge >= 0.3 is 0 Å². The van der Waals surface area contributed by atoms with Crippen molar-refractivity contribution in [3.05, 3.63) is 58.3 Å². The third-order valence-corrected chi connectivity index (χ3v) is 8.62. The zero-order valence-corrected chi connectivity index (χ0v) is 22.6. The monoisotopic (exact) mass is 560 g/mol. The van der Waals surface area contributed by atoms with Gasteiger partial charge in [-0.05, 0) is 53.8 Å². The Morgan fingerprint density at radius 3 is 2.88 bits per heavy atom. The van der Waals surface area contributed by atoms with E-state index in [1.165, 1.54) is 25.5 Å². The Labute approximate surface area is 233 Å². The second-order valence-corrected chi connectivity index (χ2v) is 10.9. The van der Waals surface area contributed by atoms with E-state index in [2.05, 4.69) is 37.4 Å². The molecule has 0 radical (unpaired) electrons. The van der Waals surface area contributed by atoms with Crippen LogP contribution >= 0.6 is 11.3 Å². The largest absolute Gasteiger partial charge is 0.504 e. The Hall–Kier alpha value is -4.18. The third-order valence-electron chi connectivity index (χ3n) is 7.83. The van der Waals surface area contributed by atoms with Crippen molar-refractivity contribution in [2.45, 2.75) is 31.1 Å². The second kappa shape index (κ2) is 10.1. The standard InChI is InChI=1S/C28H28N6O5S/c1-29-27(38)28-13-17(28)22(23(36)24(28)37)34-14-31-21-25(30-10-9-15-5-7-18(35)19(12-15)39-2)32-20(33-26(21)34)8-6-16-4-3-11-40-16/h3-5,7,11-12,14,17,22-24,35-37H,9-10,13H2,1-2H3,(H,29,38)(H,30,32,33)/t17-,22-,23+,24+,28+/m1/s1. The molecule has 3 heterocycles. The molecule has 5 N–H and O–H groups in total. The number of ether oxygens (including phenoxy) is 1. The van der Waals surface area contributed by atoms with Crippen molar-refractivity contribution in [3.63, 3.8) is 0 Å². The molecule has 0 saturated heterocycles. The quantitative estimate of drug-likeness (QED) is 0.212. The molecule has 206 valence electrons. The van der Waals surface area contributed by atoms with Crippen LogP contribution < -0.4 is 15.4 Å². The van der Waals surface area contributed by atoms with Crippen molar-refractivity contribution in [1.29, 1.82) is 0 Å². The molecule has 11 nitrogen and oxygen atoms in total. The minimum Gasteiger partial charge on any atom is -0.504 e. The van der Waals surface area contributed by atoms with Gasteiger partial charge in [-0.2, -0.15) is 0 Å². The van der Waals surface area contributed by atoms with Crippen LogP contribution in [0.4, 0.5) is 5.82 Å². The van der Waals surface area contributed by atoms with Crippen LogP contribution in [-0.2, 0) is 11.2 Å². The first-order chi connectivity index (χ1) is 19.4. The molecule has 2 aliphatic rings. The number of fused-ring (bicyclic) bond motifs is 2. The fourth-order valence-corrected chi connectivity index (χ4v) is 6.34. The zero-order valence-electron chi connectivity index (χ0n) is 21.8. The fraction of sp³-hybridized carbons (Fsp3) is 0.357.